The van der Waals surface area contributed by atoms with Gasteiger partial charge in [0.25, 0.3) is 5.56 Å². The van der Waals surface area contributed by atoms with Gasteiger partial charge >= 0.3 is 0 Å². The summed E-state index contributed by atoms with van der Waals surface area (Å²) in [6.07, 6.45) is 2.03. The minimum atomic E-state index is -3.62. The zero-order valence-corrected chi connectivity index (χ0v) is 17.9. The summed E-state index contributed by atoms with van der Waals surface area (Å²) < 4.78 is 59.1. The average Bonchev–Trinajstić information content (AvgIpc) is 2.72. The van der Waals surface area contributed by atoms with E-state index in [0.29, 0.717) is 34.7 Å². The lowest BCUT2D eigenvalue weighted by Gasteiger charge is -2.17. The van der Waals surface area contributed by atoms with Gasteiger partial charge in [0.15, 0.2) is 21.4 Å². The van der Waals surface area contributed by atoms with E-state index in [1.54, 1.807) is 37.5 Å². The van der Waals surface area contributed by atoms with Crippen LogP contribution in [-0.4, -0.2) is 13.0 Å². The molecule has 3 aromatic rings. The lowest BCUT2D eigenvalue weighted by atomic mass is 9.99. The van der Waals surface area contributed by atoms with Crippen molar-refractivity contribution in [3.8, 4) is 22.6 Å². The first-order valence-corrected chi connectivity index (χ1v) is 11.2. The molecule has 0 unspecified atom stereocenters. The molecule has 0 N–H and O–H groups in total. The van der Waals surface area contributed by atoms with Gasteiger partial charge in [-0.3, -0.25) is 4.79 Å². The number of sulfone groups is 1. The fourth-order valence-corrected chi connectivity index (χ4v) is 4.02. The third-order valence-corrected chi connectivity index (χ3v) is 5.99. The standard InChI is InChI=1S/C23H21F2NO4S/c1-4-15-11-17(13-26(3)23(15)27)22-16(14-31(28,29)5-2)7-6-8-21(22)30-20-10-9-18(24)12-19(20)25/h5-13H,2,4,14H2,1,3H3. The van der Waals surface area contributed by atoms with E-state index in [4.69, 9.17) is 4.74 Å². The van der Waals surface area contributed by atoms with Gasteiger partial charge in [-0.2, -0.15) is 0 Å². The molecule has 162 valence electrons. The molecule has 0 saturated heterocycles. The fourth-order valence-electron chi connectivity index (χ4n) is 3.23. The number of benzene rings is 2. The molecule has 2 aromatic carbocycles. The van der Waals surface area contributed by atoms with Crippen LogP contribution in [-0.2, 0) is 29.1 Å². The molecule has 0 bridgehead atoms. The third-order valence-electron chi connectivity index (χ3n) is 4.76. The Morgan fingerprint density at radius 3 is 2.48 bits per heavy atom. The van der Waals surface area contributed by atoms with E-state index < -0.39 is 21.5 Å². The summed E-state index contributed by atoms with van der Waals surface area (Å²) in [5, 5.41) is 0.863. The van der Waals surface area contributed by atoms with Gasteiger partial charge in [0.1, 0.15) is 11.6 Å². The van der Waals surface area contributed by atoms with Crippen molar-refractivity contribution in [3.05, 3.63) is 93.8 Å². The van der Waals surface area contributed by atoms with Crippen LogP contribution in [0.3, 0.4) is 0 Å². The zero-order valence-electron chi connectivity index (χ0n) is 17.1. The minimum Gasteiger partial charge on any atom is -0.454 e. The number of aryl methyl sites for hydroxylation is 2. The van der Waals surface area contributed by atoms with Crippen molar-refractivity contribution >= 4 is 9.84 Å². The van der Waals surface area contributed by atoms with Gasteiger partial charge in [0.2, 0.25) is 0 Å². The summed E-state index contributed by atoms with van der Waals surface area (Å²) >= 11 is 0. The Balaban J connectivity index is 2.26. The molecule has 8 heteroatoms. The summed E-state index contributed by atoms with van der Waals surface area (Å²) in [4.78, 5) is 12.3. The smallest absolute Gasteiger partial charge is 0.253 e. The van der Waals surface area contributed by atoms with Gasteiger partial charge in [0.05, 0.1) is 5.75 Å². The highest BCUT2D eigenvalue weighted by Gasteiger charge is 2.19. The van der Waals surface area contributed by atoms with Gasteiger partial charge in [0, 0.05) is 41.4 Å². The number of ether oxygens (including phenoxy) is 1. The summed E-state index contributed by atoms with van der Waals surface area (Å²) in [5.74, 6) is -2.06. The molecule has 0 aliphatic heterocycles. The molecule has 0 radical (unpaired) electrons. The van der Waals surface area contributed by atoms with Gasteiger partial charge < -0.3 is 9.30 Å². The average molecular weight is 445 g/mol. The Kier molecular flexibility index (Phi) is 6.40. The van der Waals surface area contributed by atoms with E-state index in [-0.39, 0.29) is 22.8 Å². The molecule has 31 heavy (non-hydrogen) atoms. The molecule has 0 aliphatic rings. The molecule has 0 spiro atoms. The van der Waals surface area contributed by atoms with Gasteiger partial charge in [-0.25, -0.2) is 17.2 Å². The second kappa shape index (κ2) is 8.85. The summed E-state index contributed by atoms with van der Waals surface area (Å²) in [6, 6.07) is 9.32. The summed E-state index contributed by atoms with van der Waals surface area (Å²) in [6.45, 7) is 5.18. The van der Waals surface area contributed by atoms with Crippen molar-refractivity contribution in [1.29, 1.82) is 0 Å². The van der Waals surface area contributed by atoms with Crippen LogP contribution < -0.4 is 10.3 Å². The summed E-state index contributed by atoms with van der Waals surface area (Å²) in [5.41, 5.74) is 1.67. The van der Waals surface area contributed by atoms with Crippen molar-refractivity contribution in [2.75, 3.05) is 0 Å². The molecule has 5 nitrogen and oxygen atoms in total. The Bertz CT molecular complexity index is 1310. The van der Waals surface area contributed by atoms with Crippen molar-refractivity contribution in [2.45, 2.75) is 19.1 Å². The molecule has 1 heterocycles. The zero-order chi connectivity index (χ0) is 22.8. The highest BCUT2D eigenvalue weighted by molar-refractivity contribution is 7.93. The van der Waals surface area contributed by atoms with E-state index in [2.05, 4.69) is 6.58 Å². The maximum absolute atomic E-state index is 14.2. The molecule has 0 atom stereocenters. The van der Waals surface area contributed by atoms with Gasteiger partial charge in [-0.1, -0.05) is 25.6 Å². The van der Waals surface area contributed by atoms with E-state index in [9.17, 15) is 22.0 Å². The first kappa shape index (κ1) is 22.4. The molecule has 0 saturated carbocycles. The van der Waals surface area contributed by atoms with Crippen LogP contribution in [0.1, 0.15) is 18.1 Å². The number of hydrogen-bond donors (Lipinski definition) is 0. The number of rotatable bonds is 7. The highest BCUT2D eigenvalue weighted by atomic mass is 32.2. The monoisotopic (exact) mass is 445 g/mol. The molecule has 3 rings (SSSR count). The van der Waals surface area contributed by atoms with E-state index in [1.807, 2.05) is 6.92 Å². The molecular weight excluding hydrogens is 424 g/mol. The second-order valence-electron chi connectivity index (χ2n) is 6.96. The molecular formula is C23H21F2NO4S. The SMILES string of the molecule is C=CS(=O)(=O)Cc1cccc(Oc2ccc(F)cc2F)c1-c1cc(CC)c(=O)n(C)c1. The number of halogens is 2. The normalized spacial score (nSPS) is 11.4. The van der Waals surface area contributed by atoms with Crippen LogP contribution >= 0.6 is 0 Å². The van der Waals surface area contributed by atoms with E-state index in [1.165, 1.54) is 4.57 Å². The summed E-state index contributed by atoms with van der Waals surface area (Å²) in [7, 11) is -2.03. The molecule has 1 aromatic heterocycles. The van der Waals surface area contributed by atoms with Crippen LogP contribution in [0.25, 0.3) is 11.1 Å². The van der Waals surface area contributed by atoms with Crippen LogP contribution in [0.2, 0.25) is 0 Å². The Labute approximate surface area is 179 Å². The predicted molar refractivity (Wildman–Crippen MR) is 116 cm³/mol. The lowest BCUT2D eigenvalue weighted by Crippen LogP contribution is -2.20. The first-order valence-electron chi connectivity index (χ1n) is 9.45. The number of hydrogen-bond acceptors (Lipinski definition) is 4. The third kappa shape index (κ3) is 4.91. The number of pyridine rings is 1. The minimum absolute atomic E-state index is 0.169. The van der Waals surface area contributed by atoms with Crippen LogP contribution in [0.5, 0.6) is 11.5 Å². The fraction of sp³-hybridized carbons (Fsp3) is 0.174. The molecule has 0 aliphatic carbocycles. The van der Waals surface area contributed by atoms with Crippen LogP contribution in [0.4, 0.5) is 8.78 Å². The van der Waals surface area contributed by atoms with Gasteiger partial charge in [-0.15, -0.1) is 0 Å². The van der Waals surface area contributed by atoms with Gasteiger partial charge in [-0.05, 0) is 36.2 Å². The lowest BCUT2D eigenvalue weighted by molar-refractivity contribution is 0.438. The molecule has 0 fully saturated rings. The number of nitrogens with zero attached hydrogens (tertiary/aromatic N) is 1. The van der Waals surface area contributed by atoms with Crippen molar-refractivity contribution in [3.63, 3.8) is 0 Å². The van der Waals surface area contributed by atoms with E-state index in [0.717, 1.165) is 17.5 Å². The largest absolute Gasteiger partial charge is 0.454 e. The number of aromatic nitrogens is 1. The molecule has 0 amide bonds. The maximum Gasteiger partial charge on any atom is 0.253 e. The Hall–Kier alpha value is -3.26. The van der Waals surface area contributed by atoms with E-state index >= 15 is 0 Å². The van der Waals surface area contributed by atoms with Crippen molar-refractivity contribution in [1.82, 2.24) is 4.57 Å². The highest BCUT2D eigenvalue weighted by Crippen LogP contribution is 2.38. The quantitative estimate of drug-likeness (QED) is 0.527. The van der Waals surface area contributed by atoms with Crippen molar-refractivity contribution < 1.29 is 21.9 Å². The maximum atomic E-state index is 14.2. The predicted octanol–water partition coefficient (Wildman–Crippen LogP) is 4.74. The topological polar surface area (TPSA) is 65.4 Å². The first-order chi connectivity index (χ1) is 14.6. The van der Waals surface area contributed by atoms with Crippen LogP contribution in [0.15, 0.2) is 65.4 Å². The van der Waals surface area contributed by atoms with Crippen LogP contribution in [0, 0.1) is 11.6 Å². The Morgan fingerprint density at radius 2 is 1.84 bits per heavy atom. The van der Waals surface area contributed by atoms with Crippen molar-refractivity contribution in [2.24, 2.45) is 7.05 Å². The second-order valence-corrected chi connectivity index (χ2v) is 8.91. The Morgan fingerprint density at radius 1 is 1.10 bits per heavy atom.